The number of carbonyl (C=O) groups excluding carboxylic acids is 1. The molecule has 0 unspecified atom stereocenters. The molecule has 2 heterocycles. The van der Waals surface area contributed by atoms with E-state index in [1.165, 1.54) is 5.56 Å². The summed E-state index contributed by atoms with van der Waals surface area (Å²) in [7, 11) is 1.62. The van der Waals surface area contributed by atoms with E-state index in [9.17, 15) is 4.79 Å². The summed E-state index contributed by atoms with van der Waals surface area (Å²) in [6.45, 7) is 3.86. The number of nitrogens with zero attached hydrogens (tertiary/aromatic N) is 3. The first kappa shape index (κ1) is 22.0. The monoisotopic (exact) mass is 434 g/mol. The van der Waals surface area contributed by atoms with Crippen molar-refractivity contribution in [2.45, 2.75) is 25.5 Å². The lowest BCUT2D eigenvalue weighted by atomic mass is 10.1. The van der Waals surface area contributed by atoms with Crippen molar-refractivity contribution >= 4 is 5.91 Å². The van der Waals surface area contributed by atoms with Crippen LogP contribution in [0.15, 0.2) is 67.0 Å². The van der Waals surface area contributed by atoms with Gasteiger partial charge in [0.05, 0.1) is 12.3 Å². The molecule has 1 aliphatic rings. The summed E-state index contributed by atoms with van der Waals surface area (Å²) in [6, 6.07) is 17.8. The van der Waals surface area contributed by atoms with Crippen LogP contribution in [0.25, 0.3) is 5.69 Å². The standard InChI is InChI=1S/C25H30N4O3/c1-31-16-12-26-25(30)21-6-3-8-24(18-21)32-23-9-14-28(15-10-23)19-20-5-2-7-22(17-20)29-13-4-11-27-29/h2-8,11,13,17-18,23H,9-10,12,14-16,19H2,1H3,(H,26,30). The zero-order chi connectivity index (χ0) is 22.2. The summed E-state index contributed by atoms with van der Waals surface area (Å²) < 4.78 is 13.1. The Labute approximate surface area is 188 Å². The Kier molecular flexibility index (Phi) is 7.53. The van der Waals surface area contributed by atoms with Crippen LogP contribution in [0.4, 0.5) is 0 Å². The highest BCUT2D eigenvalue weighted by molar-refractivity contribution is 5.94. The van der Waals surface area contributed by atoms with Gasteiger partial charge in [0.2, 0.25) is 0 Å². The highest BCUT2D eigenvalue weighted by atomic mass is 16.5. The van der Waals surface area contributed by atoms with Crippen molar-refractivity contribution in [2.75, 3.05) is 33.4 Å². The van der Waals surface area contributed by atoms with E-state index in [0.717, 1.165) is 43.9 Å². The number of piperidine rings is 1. The van der Waals surface area contributed by atoms with Gasteiger partial charge < -0.3 is 14.8 Å². The second-order valence-corrected chi connectivity index (χ2v) is 7.99. The van der Waals surface area contributed by atoms with E-state index >= 15 is 0 Å². The summed E-state index contributed by atoms with van der Waals surface area (Å²) in [5.41, 5.74) is 2.97. The van der Waals surface area contributed by atoms with E-state index < -0.39 is 0 Å². The molecule has 0 aliphatic carbocycles. The molecule has 0 bridgehead atoms. The van der Waals surface area contributed by atoms with Gasteiger partial charge in [-0.15, -0.1) is 0 Å². The summed E-state index contributed by atoms with van der Waals surface area (Å²) in [6.07, 6.45) is 5.83. The Morgan fingerprint density at radius 2 is 1.97 bits per heavy atom. The zero-order valence-electron chi connectivity index (χ0n) is 18.4. The van der Waals surface area contributed by atoms with Crippen LogP contribution in [0.1, 0.15) is 28.8 Å². The Bertz CT molecular complexity index is 998. The van der Waals surface area contributed by atoms with Gasteiger partial charge in [0.25, 0.3) is 5.91 Å². The second kappa shape index (κ2) is 10.9. The Hall–Kier alpha value is -3.16. The van der Waals surface area contributed by atoms with Crippen LogP contribution in [-0.2, 0) is 11.3 Å². The van der Waals surface area contributed by atoms with Crippen molar-refractivity contribution in [1.82, 2.24) is 20.0 Å². The molecule has 1 aromatic heterocycles. The first-order valence-corrected chi connectivity index (χ1v) is 11.1. The zero-order valence-corrected chi connectivity index (χ0v) is 18.4. The summed E-state index contributed by atoms with van der Waals surface area (Å²) >= 11 is 0. The molecule has 0 spiro atoms. The van der Waals surface area contributed by atoms with Gasteiger partial charge in [-0.05, 0) is 54.8 Å². The number of aromatic nitrogens is 2. The fraction of sp³-hybridized carbons (Fsp3) is 0.360. The molecule has 1 N–H and O–H groups in total. The summed E-state index contributed by atoms with van der Waals surface area (Å²) in [5, 5.41) is 7.16. The molecule has 168 valence electrons. The third kappa shape index (κ3) is 5.96. The minimum absolute atomic E-state index is 0.111. The molecule has 4 rings (SSSR count). The van der Waals surface area contributed by atoms with E-state index in [1.54, 1.807) is 19.4 Å². The maximum atomic E-state index is 12.2. The molecule has 7 nitrogen and oxygen atoms in total. The van der Waals surface area contributed by atoms with Crippen molar-refractivity contribution in [1.29, 1.82) is 0 Å². The van der Waals surface area contributed by atoms with Crippen LogP contribution in [-0.4, -0.2) is 60.0 Å². The number of benzene rings is 2. The van der Waals surface area contributed by atoms with Crippen molar-refractivity contribution < 1.29 is 14.3 Å². The number of hydrogen-bond donors (Lipinski definition) is 1. The average molecular weight is 435 g/mol. The molecule has 1 aliphatic heterocycles. The van der Waals surface area contributed by atoms with Crippen molar-refractivity contribution in [2.24, 2.45) is 0 Å². The van der Waals surface area contributed by atoms with Gasteiger partial charge in [-0.2, -0.15) is 5.10 Å². The maximum absolute atomic E-state index is 12.2. The fourth-order valence-corrected chi connectivity index (χ4v) is 3.93. The number of methoxy groups -OCH3 is 1. The lowest BCUT2D eigenvalue weighted by Crippen LogP contribution is -2.37. The van der Waals surface area contributed by atoms with E-state index in [-0.39, 0.29) is 12.0 Å². The van der Waals surface area contributed by atoms with Gasteiger partial charge in [0, 0.05) is 51.2 Å². The number of rotatable bonds is 9. The highest BCUT2D eigenvalue weighted by Gasteiger charge is 2.21. The number of hydrogen-bond acceptors (Lipinski definition) is 5. The number of likely N-dealkylation sites (tertiary alicyclic amines) is 1. The van der Waals surface area contributed by atoms with Crippen LogP contribution in [0.3, 0.4) is 0 Å². The van der Waals surface area contributed by atoms with Crippen LogP contribution in [0.5, 0.6) is 5.75 Å². The van der Waals surface area contributed by atoms with Crippen LogP contribution < -0.4 is 10.1 Å². The number of carbonyl (C=O) groups is 1. The predicted molar refractivity (Wildman–Crippen MR) is 123 cm³/mol. The quantitative estimate of drug-likeness (QED) is 0.524. The molecule has 0 atom stereocenters. The predicted octanol–water partition coefficient (Wildman–Crippen LogP) is 3.29. The normalized spacial score (nSPS) is 14.9. The third-order valence-corrected chi connectivity index (χ3v) is 5.61. The molecule has 32 heavy (non-hydrogen) atoms. The minimum Gasteiger partial charge on any atom is -0.490 e. The fourth-order valence-electron chi connectivity index (χ4n) is 3.93. The molecule has 0 saturated carbocycles. The topological polar surface area (TPSA) is 68.6 Å². The first-order chi connectivity index (χ1) is 15.7. The first-order valence-electron chi connectivity index (χ1n) is 11.1. The molecular weight excluding hydrogens is 404 g/mol. The molecule has 1 amide bonds. The number of ether oxygens (including phenoxy) is 2. The number of amides is 1. The van der Waals surface area contributed by atoms with Crippen molar-refractivity contribution in [3.8, 4) is 11.4 Å². The molecule has 3 aromatic rings. The van der Waals surface area contributed by atoms with Gasteiger partial charge in [-0.3, -0.25) is 9.69 Å². The molecule has 2 aromatic carbocycles. The smallest absolute Gasteiger partial charge is 0.251 e. The molecule has 7 heteroatoms. The second-order valence-electron chi connectivity index (χ2n) is 7.99. The molecule has 1 saturated heterocycles. The molecule has 1 fully saturated rings. The van der Waals surface area contributed by atoms with Crippen LogP contribution >= 0.6 is 0 Å². The van der Waals surface area contributed by atoms with E-state index in [0.29, 0.717) is 18.7 Å². The molecular formula is C25H30N4O3. The maximum Gasteiger partial charge on any atom is 0.251 e. The van der Waals surface area contributed by atoms with E-state index in [2.05, 4.69) is 39.6 Å². The lowest BCUT2D eigenvalue weighted by Gasteiger charge is -2.32. The average Bonchev–Trinajstić information content (AvgIpc) is 3.36. The van der Waals surface area contributed by atoms with Crippen LogP contribution in [0, 0.1) is 0 Å². The van der Waals surface area contributed by atoms with Gasteiger partial charge in [-0.1, -0.05) is 18.2 Å². The van der Waals surface area contributed by atoms with E-state index in [4.69, 9.17) is 9.47 Å². The molecule has 0 radical (unpaired) electrons. The van der Waals surface area contributed by atoms with Gasteiger partial charge >= 0.3 is 0 Å². The van der Waals surface area contributed by atoms with Crippen molar-refractivity contribution in [3.05, 3.63) is 78.1 Å². The summed E-state index contributed by atoms with van der Waals surface area (Å²) in [4.78, 5) is 14.7. The Morgan fingerprint density at radius 3 is 2.75 bits per heavy atom. The van der Waals surface area contributed by atoms with Gasteiger partial charge in [0.15, 0.2) is 0 Å². The van der Waals surface area contributed by atoms with Crippen molar-refractivity contribution in [3.63, 3.8) is 0 Å². The lowest BCUT2D eigenvalue weighted by molar-refractivity contribution is 0.0925. The van der Waals surface area contributed by atoms with Gasteiger partial charge in [0.1, 0.15) is 11.9 Å². The van der Waals surface area contributed by atoms with E-state index in [1.807, 2.05) is 35.1 Å². The van der Waals surface area contributed by atoms with Crippen LogP contribution in [0.2, 0.25) is 0 Å². The number of nitrogens with one attached hydrogen (secondary N) is 1. The Morgan fingerprint density at radius 1 is 1.12 bits per heavy atom. The van der Waals surface area contributed by atoms with Gasteiger partial charge in [-0.25, -0.2) is 4.68 Å². The third-order valence-electron chi connectivity index (χ3n) is 5.61. The largest absolute Gasteiger partial charge is 0.490 e. The summed E-state index contributed by atoms with van der Waals surface area (Å²) in [5.74, 6) is 0.634. The Balaban J connectivity index is 1.27. The highest BCUT2D eigenvalue weighted by Crippen LogP contribution is 2.22. The SMILES string of the molecule is COCCNC(=O)c1cccc(OC2CCN(Cc3cccc(-n4cccn4)c3)CC2)c1. The minimum atomic E-state index is -0.111.